The first-order valence-corrected chi connectivity index (χ1v) is 4.81. The van der Waals surface area contributed by atoms with Crippen LogP contribution in [0.2, 0.25) is 0 Å². The molecular formula is C12H17NO. The van der Waals surface area contributed by atoms with E-state index in [-0.39, 0.29) is 17.2 Å². The number of nitrogens with two attached hydrogens (primary N) is 1. The molecule has 1 unspecified atom stereocenters. The fourth-order valence-electron chi connectivity index (χ4n) is 1.47. The lowest BCUT2D eigenvalue weighted by molar-refractivity contribution is -0.123. The summed E-state index contributed by atoms with van der Waals surface area (Å²) in [6.07, 6.45) is 0. The molecule has 76 valence electrons. The first-order chi connectivity index (χ1) is 6.46. The minimum absolute atomic E-state index is 0.162. The molecule has 1 rings (SSSR count). The summed E-state index contributed by atoms with van der Waals surface area (Å²) in [7, 11) is 0. The Bertz CT molecular complexity index is 316. The van der Waals surface area contributed by atoms with Gasteiger partial charge in [0.2, 0.25) is 5.91 Å². The number of benzene rings is 1. The van der Waals surface area contributed by atoms with Crippen LogP contribution in [0.25, 0.3) is 0 Å². The molecule has 1 amide bonds. The highest BCUT2D eigenvalue weighted by atomic mass is 16.1. The Morgan fingerprint density at radius 1 is 1.29 bits per heavy atom. The summed E-state index contributed by atoms with van der Waals surface area (Å²) >= 11 is 0. The SMILES string of the molecule is CC(C(N)=O)C(C)(C)c1ccccc1. The zero-order valence-electron chi connectivity index (χ0n) is 8.95. The van der Waals surface area contributed by atoms with E-state index in [2.05, 4.69) is 0 Å². The van der Waals surface area contributed by atoms with Gasteiger partial charge in [-0.3, -0.25) is 4.79 Å². The van der Waals surface area contributed by atoms with E-state index in [0.29, 0.717) is 0 Å². The Morgan fingerprint density at radius 3 is 2.21 bits per heavy atom. The summed E-state index contributed by atoms with van der Waals surface area (Å²) in [6, 6.07) is 9.98. The summed E-state index contributed by atoms with van der Waals surface area (Å²) in [6.45, 7) is 5.95. The fraction of sp³-hybridized carbons (Fsp3) is 0.417. The van der Waals surface area contributed by atoms with Crippen LogP contribution in [-0.2, 0) is 10.2 Å². The third-order valence-electron chi connectivity index (χ3n) is 3.03. The Labute approximate surface area is 85.1 Å². The molecule has 0 bridgehead atoms. The lowest BCUT2D eigenvalue weighted by Gasteiger charge is -2.30. The molecule has 0 aliphatic rings. The minimum Gasteiger partial charge on any atom is -0.369 e. The molecule has 1 aromatic carbocycles. The van der Waals surface area contributed by atoms with E-state index in [0.717, 1.165) is 5.56 Å². The first kappa shape index (κ1) is 10.8. The highest BCUT2D eigenvalue weighted by Crippen LogP contribution is 2.30. The van der Waals surface area contributed by atoms with Gasteiger partial charge in [-0.2, -0.15) is 0 Å². The van der Waals surface area contributed by atoms with Crippen LogP contribution < -0.4 is 5.73 Å². The number of hydrogen-bond acceptors (Lipinski definition) is 1. The molecule has 0 radical (unpaired) electrons. The molecule has 0 spiro atoms. The third-order valence-corrected chi connectivity index (χ3v) is 3.03. The largest absolute Gasteiger partial charge is 0.369 e. The van der Waals surface area contributed by atoms with E-state index in [1.807, 2.05) is 51.1 Å². The van der Waals surface area contributed by atoms with Gasteiger partial charge in [0.1, 0.15) is 0 Å². The van der Waals surface area contributed by atoms with Crippen molar-refractivity contribution in [1.29, 1.82) is 0 Å². The second-order valence-electron chi connectivity index (χ2n) is 4.21. The van der Waals surface area contributed by atoms with Gasteiger partial charge in [-0.1, -0.05) is 51.1 Å². The zero-order chi connectivity index (χ0) is 10.8. The van der Waals surface area contributed by atoms with Crippen LogP contribution >= 0.6 is 0 Å². The van der Waals surface area contributed by atoms with Gasteiger partial charge in [-0.25, -0.2) is 0 Å². The Hall–Kier alpha value is -1.31. The normalized spacial score (nSPS) is 13.6. The van der Waals surface area contributed by atoms with Crippen LogP contribution in [-0.4, -0.2) is 5.91 Å². The van der Waals surface area contributed by atoms with Crippen molar-refractivity contribution in [3.8, 4) is 0 Å². The summed E-state index contributed by atoms with van der Waals surface area (Å²) in [5, 5.41) is 0. The maximum absolute atomic E-state index is 11.1. The van der Waals surface area contributed by atoms with Crippen molar-refractivity contribution in [1.82, 2.24) is 0 Å². The van der Waals surface area contributed by atoms with Crippen LogP contribution in [0.1, 0.15) is 26.3 Å². The van der Waals surface area contributed by atoms with E-state index in [1.54, 1.807) is 0 Å². The third kappa shape index (κ3) is 1.95. The molecule has 1 aromatic rings. The van der Waals surface area contributed by atoms with E-state index in [9.17, 15) is 4.79 Å². The minimum atomic E-state index is -0.251. The molecule has 0 saturated heterocycles. The van der Waals surface area contributed by atoms with Crippen LogP contribution in [0.4, 0.5) is 0 Å². The van der Waals surface area contributed by atoms with Gasteiger partial charge in [0.15, 0.2) is 0 Å². The average molecular weight is 191 g/mol. The molecule has 14 heavy (non-hydrogen) atoms. The molecule has 2 N–H and O–H groups in total. The Kier molecular flexibility index (Phi) is 2.94. The van der Waals surface area contributed by atoms with Gasteiger partial charge in [0, 0.05) is 11.3 Å². The second-order valence-corrected chi connectivity index (χ2v) is 4.21. The summed E-state index contributed by atoms with van der Waals surface area (Å²) in [5.41, 5.74) is 6.26. The topological polar surface area (TPSA) is 43.1 Å². The van der Waals surface area contributed by atoms with Gasteiger partial charge in [-0.05, 0) is 5.56 Å². The predicted octanol–water partition coefficient (Wildman–Crippen LogP) is 2.09. The van der Waals surface area contributed by atoms with E-state index < -0.39 is 0 Å². The standard InChI is InChI=1S/C12H17NO/c1-9(11(13)14)12(2,3)10-7-5-4-6-8-10/h4-9H,1-3H3,(H2,13,14). The van der Waals surface area contributed by atoms with Crippen molar-refractivity contribution in [3.05, 3.63) is 35.9 Å². The molecule has 1 atom stereocenters. The summed E-state index contributed by atoms with van der Waals surface area (Å²) < 4.78 is 0. The molecule has 0 aliphatic carbocycles. The van der Waals surface area contributed by atoms with E-state index in [1.165, 1.54) is 0 Å². The van der Waals surface area contributed by atoms with Crippen molar-refractivity contribution in [3.63, 3.8) is 0 Å². The highest BCUT2D eigenvalue weighted by molar-refractivity contribution is 5.78. The van der Waals surface area contributed by atoms with Crippen molar-refractivity contribution in [2.24, 2.45) is 11.7 Å². The molecular weight excluding hydrogens is 174 g/mol. The van der Waals surface area contributed by atoms with Crippen LogP contribution in [0.5, 0.6) is 0 Å². The van der Waals surface area contributed by atoms with E-state index in [4.69, 9.17) is 5.73 Å². The van der Waals surface area contributed by atoms with Gasteiger partial charge >= 0.3 is 0 Å². The smallest absolute Gasteiger partial charge is 0.221 e. The number of carbonyl (C=O) groups is 1. The maximum atomic E-state index is 11.1. The van der Waals surface area contributed by atoms with Crippen molar-refractivity contribution in [2.45, 2.75) is 26.2 Å². The monoisotopic (exact) mass is 191 g/mol. The van der Waals surface area contributed by atoms with Crippen molar-refractivity contribution >= 4 is 5.91 Å². The highest BCUT2D eigenvalue weighted by Gasteiger charge is 2.31. The number of amides is 1. The molecule has 2 nitrogen and oxygen atoms in total. The van der Waals surface area contributed by atoms with Gasteiger partial charge in [0.05, 0.1) is 0 Å². The Balaban J connectivity index is 3.02. The molecule has 0 fully saturated rings. The maximum Gasteiger partial charge on any atom is 0.221 e. The quantitative estimate of drug-likeness (QED) is 0.781. The summed E-state index contributed by atoms with van der Waals surface area (Å²) in [5.74, 6) is -0.413. The fourth-order valence-corrected chi connectivity index (χ4v) is 1.47. The van der Waals surface area contributed by atoms with Gasteiger partial charge in [-0.15, -0.1) is 0 Å². The molecule has 0 heterocycles. The molecule has 2 heteroatoms. The van der Waals surface area contributed by atoms with Crippen LogP contribution in [0.15, 0.2) is 30.3 Å². The van der Waals surface area contributed by atoms with Crippen LogP contribution in [0, 0.1) is 5.92 Å². The Morgan fingerprint density at radius 2 is 1.79 bits per heavy atom. The number of rotatable bonds is 3. The molecule has 0 aliphatic heterocycles. The van der Waals surface area contributed by atoms with Gasteiger partial charge in [0.25, 0.3) is 0 Å². The van der Waals surface area contributed by atoms with Crippen molar-refractivity contribution in [2.75, 3.05) is 0 Å². The second kappa shape index (κ2) is 3.82. The predicted molar refractivity (Wildman–Crippen MR) is 57.8 cm³/mol. The zero-order valence-corrected chi connectivity index (χ0v) is 8.95. The molecule has 0 saturated carbocycles. The van der Waals surface area contributed by atoms with Crippen molar-refractivity contribution < 1.29 is 4.79 Å². The molecule has 0 aromatic heterocycles. The summed E-state index contributed by atoms with van der Waals surface area (Å²) in [4.78, 5) is 11.1. The van der Waals surface area contributed by atoms with Gasteiger partial charge < -0.3 is 5.73 Å². The number of hydrogen-bond donors (Lipinski definition) is 1. The van der Waals surface area contributed by atoms with Crippen LogP contribution in [0.3, 0.4) is 0 Å². The lowest BCUT2D eigenvalue weighted by Crippen LogP contribution is -2.36. The average Bonchev–Trinajstić information content (AvgIpc) is 2.18. The first-order valence-electron chi connectivity index (χ1n) is 4.81. The van der Waals surface area contributed by atoms with E-state index >= 15 is 0 Å². The lowest BCUT2D eigenvalue weighted by atomic mass is 9.74. The number of primary amides is 1. The number of carbonyl (C=O) groups excluding carboxylic acids is 1.